The molecule has 6 nitrogen and oxygen atoms in total. The number of hydrogen-bond donors (Lipinski definition) is 2. The van der Waals surface area contributed by atoms with E-state index in [1.165, 1.54) is 0 Å². The molecule has 6 heteroatoms. The number of aromatic nitrogens is 3. The van der Waals surface area contributed by atoms with Gasteiger partial charge >= 0.3 is 0 Å². The fraction of sp³-hybridized carbons (Fsp3) is 0.136. The second kappa shape index (κ2) is 6.20. The van der Waals surface area contributed by atoms with Crippen LogP contribution in [0.3, 0.4) is 0 Å². The van der Waals surface area contributed by atoms with Gasteiger partial charge in [0.15, 0.2) is 5.65 Å². The van der Waals surface area contributed by atoms with E-state index in [0.29, 0.717) is 29.1 Å². The summed E-state index contributed by atoms with van der Waals surface area (Å²) in [6.45, 7) is 2.37. The third-order valence-electron chi connectivity index (χ3n) is 5.15. The summed E-state index contributed by atoms with van der Waals surface area (Å²) in [7, 11) is 0. The van der Waals surface area contributed by atoms with Gasteiger partial charge in [0.05, 0.1) is 0 Å². The smallest absolute Gasteiger partial charge is 0.255 e. The highest BCUT2D eigenvalue weighted by Crippen LogP contribution is 2.38. The fourth-order valence-corrected chi connectivity index (χ4v) is 3.81. The van der Waals surface area contributed by atoms with Crippen LogP contribution < -0.4 is 0 Å². The first-order chi connectivity index (χ1) is 13.6. The van der Waals surface area contributed by atoms with E-state index in [2.05, 4.69) is 9.97 Å². The van der Waals surface area contributed by atoms with Gasteiger partial charge in [-0.1, -0.05) is 36.4 Å². The van der Waals surface area contributed by atoms with E-state index >= 15 is 0 Å². The van der Waals surface area contributed by atoms with Crippen LogP contribution >= 0.6 is 0 Å². The van der Waals surface area contributed by atoms with Crippen LogP contribution in [-0.4, -0.2) is 30.9 Å². The van der Waals surface area contributed by atoms with Crippen molar-refractivity contribution < 1.29 is 9.90 Å². The number of phenols is 1. The Bertz CT molecular complexity index is 1210. The highest BCUT2D eigenvalue weighted by Gasteiger charge is 2.36. The number of imidazole rings is 1. The first-order valence-corrected chi connectivity index (χ1v) is 9.12. The zero-order valence-electron chi connectivity index (χ0n) is 15.3. The van der Waals surface area contributed by atoms with Crippen molar-refractivity contribution in [3.8, 4) is 5.75 Å². The maximum atomic E-state index is 13.2. The predicted molar refractivity (Wildman–Crippen MR) is 105 cm³/mol. The van der Waals surface area contributed by atoms with Gasteiger partial charge in [-0.25, -0.2) is 9.97 Å². The number of benzene rings is 2. The lowest BCUT2D eigenvalue weighted by Crippen LogP contribution is -2.30. The second-order valence-corrected chi connectivity index (χ2v) is 6.99. The maximum absolute atomic E-state index is 13.2. The molecule has 4 aromatic rings. The highest BCUT2D eigenvalue weighted by molar-refractivity contribution is 5.98. The summed E-state index contributed by atoms with van der Waals surface area (Å²) in [5.41, 5.74) is 4.56. The largest absolute Gasteiger partial charge is 0.508 e. The van der Waals surface area contributed by atoms with E-state index in [9.17, 15) is 9.90 Å². The van der Waals surface area contributed by atoms with Gasteiger partial charge in [-0.2, -0.15) is 0 Å². The van der Waals surface area contributed by atoms with Crippen LogP contribution in [0.2, 0.25) is 0 Å². The van der Waals surface area contributed by atoms with E-state index in [4.69, 9.17) is 4.98 Å². The van der Waals surface area contributed by atoms with Crippen LogP contribution in [-0.2, 0) is 6.54 Å². The Balaban J connectivity index is 1.68. The number of H-pyrrole nitrogens is 1. The summed E-state index contributed by atoms with van der Waals surface area (Å²) in [5.74, 6) is 0.630. The second-order valence-electron chi connectivity index (χ2n) is 6.99. The lowest BCUT2D eigenvalue weighted by Gasteiger charge is -2.27. The summed E-state index contributed by atoms with van der Waals surface area (Å²) >= 11 is 0. The normalized spacial score (nSPS) is 14.5. The van der Waals surface area contributed by atoms with Crippen LogP contribution in [0.15, 0.2) is 60.7 Å². The molecule has 0 spiro atoms. The van der Waals surface area contributed by atoms with Crippen LogP contribution in [0, 0.1) is 6.92 Å². The number of carbonyl (C=O) groups is 1. The molecule has 0 bridgehead atoms. The Morgan fingerprint density at radius 3 is 2.64 bits per heavy atom. The number of aromatic amines is 1. The van der Waals surface area contributed by atoms with Crippen molar-refractivity contribution in [1.82, 2.24) is 19.9 Å². The van der Waals surface area contributed by atoms with Gasteiger partial charge in [0.2, 0.25) is 0 Å². The Morgan fingerprint density at radius 2 is 1.82 bits per heavy atom. The molecule has 1 aliphatic heterocycles. The lowest BCUT2D eigenvalue weighted by atomic mass is 10.0. The minimum Gasteiger partial charge on any atom is -0.508 e. The minimum atomic E-state index is -0.546. The molecule has 28 heavy (non-hydrogen) atoms. The van der Waals surface area contributed by atoms with Crippen molar-refractivity contribution in [2.24, 2.45) is 0 Å². The van der Waals surface area contributed by atoms with Crippen molar-refractivity contribution in [3.05, 3.63) is 88.9 Å². The third kappa shape index (κ3) is 2.53. The summed E-state index contributed by atoms with van der Waals surface area (Å²) in [6.07, 6.45) is 0. The SMILES string of the molecule is Cc1ccc2nc(C(c3ccccc3O)N3Cc4ccccc4C3=O)[nH]c2n1. The van der Waals surface area contributed by atoms with Crippen LogP contribution in [0.25, 0.3) is 11.2 Å². The van der Waals surface area contributed by atoms with E-state index in [1.54, 1.807) is 17.0 Å². The zero-order chi connectivity index (χ0) is 19.3. The van der Waals surface area contributed by atoms with Gasteiger partial charge in [0.25, 0.3) is 5.91 Å². The van der Waals surface area contributed by atoms with Crippen LogP contribution in [0.1, 0.15) is 39.0 Å². The first kappa shape index (κ1) is 16.5. The maximum Gasteiger partial charge on any atom is 0.255 e. The number of hydrogen-bond acceptors (Lipinski definition) is 4. The van der Waals surface area contributed by atoms with E-state index in [-0.39, 0.29) is 11.7 Å². The molecule has 0 fully saturated rings. The molecule has 2 aromatic heterocycles. The van der Waals surface area contributed by atoms with E-state index < -0.39 is 6.04 Å². The number of para-hydroxylation sites is 1. The van der Waals surface area contributed by atoms with E-state index in [0.717, 1.165) is 16.8 Å². The lowest BCUT2D eigenvalue weighted by molar-refractivity contribution is 0.0724. The van der Waals surface area contributed by atoms with Crippen LogP contribution in [0.4, 0.5) is 0 Å². The van der Waals surface area contributed by atoms with Gasteiger partial charge in [-0.3, -0.25) is 4.79 Å². The molecule has 2 N–H and O–H groups in total. The van der Waals surface area contributed by atoms with Crippen molar-refractivity contribution in [2.75, 3.05) is 0 Å². The van der Waals surface area contributed by atoms with Gasteiger partial charge in [-0.15, -0.1) is 0 Å². The molecular weight excluding hydrogens is 352 g/mol. The molecule has 5 rings (SSSR count). The van der Waals surface area contributed by atoms with E-state index in [1.807, 2.05) is 55.5 Å². The van der Waals surface area contributed by atoms with Gasteiger partial charge < -0.3 is 15.0 Å². The number of nitrogens with one attached hydrogen (secondary N) is 1. The highest BCUT2D eigenvalue weighted by atomic mass is 16.3. The molecule has 3 heterocycles. The number of fused-ring (bicyclic) bond motifs is 2. The first-order valence-electron chi connectivity index (χ1n) is 9.12. The Hall–Kier alpha value is -3.67. The molecular formula is C22H18N4O2. The summed E-state index contributed by atoms with van der Waals surface area (Å²) in [4.78, 5) is 27.3. The van der Waals surface area contributed by atoms with Gasteiger partial charge in [-0.05, 0) is 36.8 Å². The van der Waals surface area contributed by atoms with Crippen molar-refractivity contribution in [1.29, 1.82) is 0 Å². The summed E-state index contributed by atoms with van der Waals surface area (Å²) in [5, 5.41) is 10.5. The number of nitrogens with zero attached hydrogens (tertiary/aromatic N) is 3. The van der Waals surface area contributed by atoms with Crippen molar-refractivity contribution in [3.63, 3.8) is 0 Å². The quantitative estimate of drug-likeness (QED) is 0.576. The molecule has 0 aliphatic carbocycles. The molecule has 1 atom stereocenters. The molecule has 1 amide bonds. The molecule has 138 valence electrons. The molecule has 1 unspecified atom stereocenters. The number of carbonyl (C=O) groups excluding carboxylic acids is 1. The molecule has 0 saturated carbocycles. The number of aromatic hydroxyl groups is 1. The van der Waals surface area contributed by atoms with Gasteiger partial charge in [0, 0.05) is 23.4 Å². The summed E-state index contributed by atoms with van der Waals surface area (Å²) < 4.78 is 0. The number of pyridine rings is 1. The zero-order valence-corrected chi connectivity index (χ0v) is 15.3. The third-order valence-corrected chi connectivity index (χ3v) is 5.15. The molecule has 0 saturated heterocycles. The number of rotatable bonds is 3. The van der Waals surface area contributed by atoms with Crippen molar-refractivity contribution in [2.45, 2.75) is 19.5 Å². The minimum absolute atomic E-state index is 0.0755. The number of phenolic OH excluding ortho intramolecular Hbond substituents is 1. The van der Waals surface area contributed by atoms with Crippen LogP contribution in [0.5, 0.6) is 5.75 Å². The number of amides is 1. The topological polar surface area (TPSA) is 82.1 Å². The van der Waals surface area contributed by atoms with Crippen molar-refractivity contribution >= 4 is 17.1 Å². The Labute approximate surface area is 161 Å². The Kier molecular flexibility index (Phi) is 3.65. The number of aryl methyl sites for hydroxylation is 1. The standard InChI is InChI=1S/C22H18N4O2/c1-13-10-11-17-20(23-13)25-21(24-17)19(16-8-4-5-9-18(16)27)26-12-14-6-2-3-7-15(14)22(26)28/h2-11,19,27H,12H2,1H3,(H,23,24,25). The van der Waals surface area contributed by atoms with Gasteiger partial charge in [0.1, 0.15) is 23.1 Å². The molecule has 2 aromatic carbocycles. The monoisotopic (exact) mass is 370 g/mol. The Morgan fingerprint density at radius 1 is 1.04 bits per heavy atom. The summed E-state index contributed by atoms with van der Waals surface area (Å²) in [6, 6.07) is 17.9. The predicted octanol–water partition coefficient (Wildman–Crippen LogP) is 3.72. The molecule has 0 radical (unpaired) electrons. The molecule has 1 aliphatic rings. The fourth-order valence-electron chi connectivity index (χ4n) is 3.81. The average molecular weight is 370 g/mol. The average Bonchev–Trinajstić information content (AvgIpc) is 3.25.